The molecule has 0 radical (unpaired) electrons. The third kappa shape index (κ3) is 12.3. The average Bonchev–Trinajstić information content (AvgIpc) is 2.21. The summed E-state index contributed by atoms with van der Waals surface area (Å²) in [6.07, 6.45) is 1.03. The number of hydrogen-bond acceptors (Lipinski definition) is 4. The van der Waals surface area contributed by atoms with Crippen LogP contribution in [0.25, 0.3) is 0 Å². The molecule has 1 N–H and O–H groups in total. The minimum Gasteiger partial charge on any atom is -0.394 e. The van der Waals surface area contributed by atoms with Crippen molar-refractivity contribution in [2.24, 2.45) is 0 Å². The normalized spacial score (nSPS) is 10.7. The second-order valence-electron chi connectivity index (χ2n) is 2.60. The second-order valence-corrected chi connectivity index (χ2v) is 3.40. The van der Waals surface area contributed by atoms with Gasteiger partial charge < -0.3 is 19.3 Å². The Morgan fingerprint density at radius 1 is 0.786 bits per heavy atom. The summed E-state index contributed by atoms with van der Waals surface area (Å²) in [5.41, 5.74) is 0. The summed E-state index contributed by atoms with van der Waals surface area (Å²) in [7, 11) is 0. The fourth-order valence-electron chi connectivity index (χ4n) is 0.763. The lowest BCUT2D eigenvalue weighted by Gasteiger charge is -2.05. The van der Waals surface area contributed by atoms with E-state index in [1.54, 1.807) is 0 Å². The molecule has 0 aliphatic heterocycles. The Bertz CT molecular complexity index is 90.8. The molecule has 0 aliphatic rings. The quantitative estimate of drug-likeness (QED) is 0.446. The highest BCUT2D eigenvalue weighted by Gasteiger charge is 1.90. The van der Waals surface area contributed by atoms with E-state index in [4.69, 9.17) is 19.3 Å². The van der Waals surface area contributed by atoms with Crippen molar-refractivity contribution < 1.29 is 19.3 Å². The van der Waals surface area contributed by atoms with Crippen molar-refractivity contribution in [3.05, 3.63) is 0 Å². The van der Waals surface area contributed by atoms with Crippen LogP contribution in [0.2, 0.25) is 0 Å². The standard InChI is InChI=1S/C9H19BrO4/c10-2-1-4-12-6-8-14-9-7-13-5-3-11/h11H,1-9H2. The maximum absolute atomic E-state index is 8.40. The van der Waals surface area contributed by atoms with Gasteiger partial charge in [0.25, 0.3) is 0 Å². The molecule has 0 amide bonds. The molecule has 0 bridgehead atoms. The predicted octanol–water partition coefficient (Wildman–Crippen LogP) is 0.813. The lowest BCUT2D eigenvalue weighted by Crippen LogP contribution is -2.11. The first-order valence-corrected chi connectivity index (χ1v) is 5.94. The molecular formula is C9H19BrO4. The molecule has 0 heterocycles. The zero-order chi connectivity index (χ0) is 10.5. The zero-order valence-electron chi connectivity index (χ0n) is 8.41. The Hall–Kier alpha value is 0.320. The van der Waals surface area contributed by atoms with E-state index < -0.39 is 0 Å². The molecule has 0 unspecified atom stereocenters. The Labute approximate surface area is 93.7 Å². The maximum atomic E-state index is 8.40. The van der Waals surface area contributed by atoms with Crippen LogP contribution in [0.5, 0.6) is 0 Å². The largest absolute Gasteiger partial charge is 0.394 e. The van der Waals surface area contributed by atoms with Crippen LogP contribution in [0.4, 0.5) is 0 Å². The lowest BCUT2D eigenvalue weighted by atomic mass is 10.5. The highest BCUT2D eigenvalue weighted by atomic mass is 79.9. The van der Waals surface area contributed by atoms with Crippen molar-refractivity contribution in [1.82, 2.24) is 0 Å². The summed E-state index contributed by atoms with van der Waals surface area (Å²) in [6, 6.07) is 0. The van der Waals surface area contributed by atoms with Crippen LogP contribution in [0.3, 0.4) is 0 Å². The van der Waals surface area contributed by atoms with Crippen LogP contribution in [-0.2, 0) is 14.2 Å². The molecule has 0 aromatic heterocycles. The van der Waals surface area contributed by atoms with Gasteiger partial charge in [-0.05, 0) is 6.42 Å². The van der Waals surface area contributed by atoms with E-state index in [9.17, 15) is 0 Å². The fourth-order valence-corrected chi connectivity index (χ4v) is 0.992. The van der Waals surface area contributed by atoms with E-state index in [0.29, 0.717) is 33.0 Å². The van der Waals surface area contributed by atoms with Crippen LogP contribution in [0.1, 0.15) is 6.42 Å². The van der Waals surface area contributed by atoms with Gasteiger partial charge in [-0.1, -0.05) is 15.9 Å². The molecule has 0 fully saturated rings. The van der Waals surface area contributed by atoms with Crippen molar-refractivity contribution in [2.75, 3.05) is 51.6 Å². The van der Waals surface area contributed by atoms with Crippen molar-refractivity contribution >= 4 is 15.9 Å². The average molecular weight is 271 g/mol. The van der Waals surface area contributed by atoms with Gasteiger partial charge in [0.1, 0.15) is 0 Å². The third-order valence-corrected chi connectivity index (χ3v) is 1.96. The monoisotopic (exact) mass is 270 g/mol. The van der Waals surface area contributed by atoms with Crippen LogP contribution in [-0.4, -0.2) is 56.7 Å². The number of ether oxygens (including phenoxy) is 3. The third-order valence-electron chi connectivity index (χ3n) is 1.40. The van der Waals surface area contributed by atoms with Crippen molar-refractivity contribution in [2.45, 2.75) is 6.42 Å². The van der Waals surface area contributed by atoms with E-state index in [1.165, 1.54) is 0 Å². The molecule has 86 valence electrons. The summed E-state index contributed by atoms with van der Waals surface area (Å²) in [6.45, 7) is 3.54. The molecule has 0 aromatic carbocycles. The summed E-state index contributed by atoms with van der Waals surface area (Å²) >= 11 is 3.32. The molecule has 14 heavy (non-hydrogen) atoms. The van der Waals surface area contributed by atoms with Gasteiger partial charge in [0, 0.05) is 11.9 Å². The Balaban J connectivity index is 2.78. The van der Waals surface area contributed by atoms with Gasteiger partial charge in [0.15, 0.2) is 0 Å². The minimum absolute atomic E-state index is 0.0651. The van der Waals surface area contributed by atoms with Crippen molar-refractivity contribution in [1.29, 1.82) is 0 Å². The number of aliphatic hydroxyl groups excluding tert-OH is 1. The van der Waals surface area contributed by atoms with E-state index in [1.807, 2.05) is 0 Å². The molecule has 5 heteroatoms. The molecule has 0 saturated carbocycles. The summed E-state index contributed by atoms with van der Waals surface area (Å²) in [5.74, 6) is 0. The van der Waals surface area contributed by atoms with E-state index in [2.05, 4.69) is 15.9 Å². The van der Waals surface area contributed by atoms with Crippen LogP contribution >= 0.6 is 15.9 Å². The first-order valence-electron chi connectivity index (χ1n) is 4.82. The van der Waals surface area contributed by atoms with Gasteiger partial charge in [0.2, 0.25) is 0 Å². The first kappa shape index (κ1) is 14.3. The number of aliphatic hydroxyl groups is 1. The maximum Gasteiger partial charge on any atom is 0.0701 e. The molecule has 0 rings (SSSR count). The predicted molar refractivity (Wildman–Crippen MR) is 58.0 cm³/mol. The summed E-state index contributed by atoms with van der Waals surface area (Å²) in [4.78, 5) is 0. The van der Waals surface area contributed by atoms with E-state index >= 15 is 0 Å². The van der Waals surface area contributed by atoms with Gasteiger partial charge in [-0.25, -0.2) is 0 Å². The first-order chi connectivity index (χ1) is 6.91. The van der Waals surface area contributed by atoms with Gasteiger partial charge in [-0.15, -0.1) is 0 Å². The molecule has 0 saturated heterocycles. The molecule has 0 atom stereocenters. The van der Waals surface area contributed by atoms with Crippen LogP contribution < -0.4 is 0 Å². The van der Waals surface area contributed by atoms with Gasteiger partial charge >= 0.3 is 0 Å². The van der Waals surface area contributed by atoms with Crippen molar-refractivity contribution in [3.8, 4) is 0 Å². The summed E-state index contributed by atoms with van der Waals surface area (Å²) in [5, 5.41) is 9.37. The SMILES string of the molecule is OCCOCCOCCOCCCBr. The number of hydrogen-bond donors (Lipinski definition) is 1. The molecule has 0 aromatic rings. The molecule has 4 nitrogen and oxygen atoms in total. The number of alkyl halides is 1. The van der Waals surface area contributed by atoms with Gasteiger partial charge in [0.05, 0.1) is 39.6 Å². The van der Waals surface area contributed by atoms with Crippen LogP contribution in [0, 0.1) is 0 Å². The lowest BCUT2D eigenvalue weighted by molar-refractivity contribution is 0.00795. The number of halogens is 1. The van der Waals surface area contributed by atoms with E-state index in [0.717, 1.165) is 18.4 Å². The smallest absolute Gasteiger partial charge is 0.0701 e. The van der Waals surface area contributed by atoms with Gasteiger partial charge in [-0.2, -0.15) is 0 Å². The molecule has 0 aliphatic carbocycles. The van der Waals surface area contributed by atoms with Crippen molar-refractivity contribution in [3.63, 3.8) is 0 Å². The Kier molecular flexibility index (Phi) is 13.6. The zero-order valence-corrected chi connectivity index (χ0v) is 10.00. The topological polar surface area (TPSA) is 47.9 Å². The second kappa shape index (κ2) is 13.3. The highest BCUT2D eigenvalue weighted by Crippen LogP contribution is 1.88. The summed E-state index contributed by atoms with van der Waals surface area (Å²) < 4.78 is 15.5. The highest BCUT2D eigenvalue weighted by molar-refractivity contribution is 9.09. The minimum atomic E-state index is 0.0651. The number of rotatable bonds is 11. The Morgan fingerprint density at radius 2 is 1.29 bits per heavy atom. The molecular weight excluding hydrogens is 252 g/mol. The Morgan fingerprint density at radius 3 is 1.79 bits per heavy atom. The van der Waals surface area contributed by atoms with E-state index in [-0.39, 0.29) is 6.61 Å². The van der Waals surface area contributed by atoms with Crippen LogP contribution in [0.15, 0.2) is 0 Å². The molecule has 0 spiro atoms. The fraction of sp³-hybridized carbons (Fsp3) is 1.00. The van der Waals surface area contributed by atoms with Gasteiger partial charge in [-0.3, -0.25) is 0 Å².